The molecule has 1 N–H and O–H groups in total. The van der Waals surface area contributed by atoms with Gasteiger partial charge in [-0.1, -0.05) is 62.1 Å². The molecule has 8 aromatic rings. The van der Waals surface area contributed by atoms with Crippen LogP contribution < -0.4 is 4.90 Å². The Morgan fingerprint density at radius 3 is 1.58 bits per heavy atom. The first-order valence-corrected chi connectivity index (χ1v) is 29.4. The number of aromatic nitrogens is 6. The fourth-order valence-corrected chi connectivity index (χ4v) is 10.7. The number of nitrogens with zero attached hydrogens (tertiary/aromatic N) is 8. The number of carbonyl (C=O) groups is 1. The van der Waals surface area contributed by atoms with E-state index in [1.165, 1.54) is 24.3 Å². The van der Waals surface area contributed by atoms with Crippen LogP contribution in [0.2, 0.25) is 0 Å². The summed E-state index contributed by atoms with van der Waals surface area (Å²) in [4.78, 5) is 38.2. The summed E-state index contributed by atoms with van der Waals surface area (Å²) in [5.41, 5.74) is 9.22. The summed E-state index contributed by atoms with van der Waals surface area (Å²) in [6, 6.07) is 41.4. The Balaban J connectivity index is 0.000000321. The van der Waals surface area contributed by atoms with Gasteiger partial charge in [0.15, 0.2) is 5.71 Å². The number of allylic oxidation sites excluding steroid dienone is 4. The Hall–Kier alpha value is -8.24. The van der Waals surface area contributed by atoms with Crippen LogP contribution in [0.5, 0.6) is 0 Å². The number of aliphatic carboxylic acids is 1. The Morgan fingerprint density at radius 2 is 1.08 bits per heavy atom. The number of carboxylic acids is 1. The zero-order valence-corrected chi connectivity index (χ0v) is 49.6. The van der Waals surface area contributed by atoms with Crippen molar-refractivity contribution in [3.8, 4) is 46.0 Å². The number of rotatable bonds is 16. The van der Waals surface area contributed by atoms with E-state index in [2.05, 4.69) is 46.3 Å². The van der Waals surface area contributed by atoms with Gasteiger partial charge in [0.05, 0.1) is 49.4 Å². The number of hydrogen-bond acceptors (Lipinski definition) is 14. The Morgan fingerprint density at radius 1 is 0.590 bits per heavy atom. The smallest absolute Gasteiger partial charge is 0.303 e. The molecule has 10 rings (SSSR count). The van der Waals surface area contributed by atoms with Gasteiger partial charge in [-0.25, -0.2) is 16.8 Å². The van der Waals surface area contributed by atoms with Gasteiger partial charge in [0.25, 0.3) is 0 Å². The molecule has 2 aromatic carbocycles. The van der Waals surface area contributed by atoms with E-state index >= 15 is 0 Å². The van der Waals surface area contributed by atoms with Crippen LogP contribution in [0.15, 0.2) is 210 Å². The first-order valence-electron chi connectivity index (χ1n) is 26.6. The average molecular weight is 1240 g/mol. The standard InChI is InChI=1S/C44H46N4O8S2.2C10H8N2.Ru/c1-43(2)34-29-32(57(51,52)53)19-21-38(34)47(26-11-6-5-7-14-31-23-25-46-37(28-31)36-15-8-10-24-45-36)40(43)16-13-17-41-44(3,4)35-30-33(58(54,55)56)20-22-39(35)48(41)27-12-9-18-42(49)50;2*1-3-7-11-9(5-1)10-6-2-4-8-12-10;/h8,10,13,15-17,19-25,28-30H,5-6,9,11-12,18,26-27H2,1-4H3,(H2-,49,50,51,52,53,54,55,56);2*1-8H;/p-1. The van der Waals surface area contributed by atoms with Crippen molar-refractivity contribution in [2.24, 2.45) is 0 Å². The van der Waals surface area contributed by atoms with Crippen molar-refractivity contribution in [1.29, 1.82) is 0 Å². The van der Waals surface area contributed by atoms with Crippen molar-refractivity contribution in [2.45, 2.75) is 86.8 Å². The number of unbranched alkanes of at least 4 members (excludes halogenated alkanes) is 3. The Bertz CT molecular complexity index is 3770. The second-order valence-corrected chi connectivity index (χ2v) is 23.0. The fourth-order valence-electron chi connectivity index (χ4n) is 9.75. The van der Waals surface area contributed by atoms with Crippen LogP contribution in [-0.2, 0) is 55.3 Å². The third-order valence-corrected chi connectivity index (χ3v) is 15.5. The zero-order chi connectivity index (χ0) is 58.3. The van der Waals surface area contributed by atoms with Gasteiger partial charge >= 0.3 is 5.97 Å². The first kappa shape index (κ1) is 62.4. The number of benzene rings is 2. The monoisotopic (exact) mass is 1240 g/mol. The number of pyridine rings is 6. The Labute approximate surface area is 498 Å². The second-order valence-electron chi connectivity index (χ2n) is 20.2. The summed E-state index contributed by atoms with van der Waals surface area (Å²) in [6.45, 7) is 8.91. The van der Waals surface area contributed by atoms with Gasteiger partial charge < -0.3 is 19.1 Å². The van der Waals surface area contributed by atoms with Crippen LogP contribution in [0.4, 0.5) is 11.4 Å². The molecule has 2 aliphatic rings. The molecular weight excluding hydrogens is 1170 g/mol. The summed E-state index contributed by atoms with van der Waals surface area (Å²) in [6.07, 6.45) is 19.5. The van der Waals surface area contributed by atoms with Crippen LogP contribution in [0.3, 0.4) is 0 Å². The molecule has 0 bridgehead atoms. The van der Waals surface area contributed by atoms with Crippen molar-refractivity contribution in [3.05, 3.63) is 217 Å². The summed E-state index contributed by atoms with van der Waals surface area (Å²) >= 11 is 0. The van der Waals surface area contributed by atoms with E-state index in [4.69, 9.17) is 0 Å². The van der Waals surface area contributed by atoms with E-state index in [-0.39, 0.29) is 35.7 Å². The normalized spacial score (nSPS) is 14.2. The van der Waals surface area contributed by atoms with Crippen molar-refractivity contribution >= 4 is 43.3 Å². The predicted molar refractivity (Wildman–Crippen MR) is 314 cm³/mol. The fraction of sp³-hybridized carbons (Fsp3) is 0.219. The number of hydrogen-bond donors (Lipinski definition) is 1. The molecule has 6 aromatic heterocycles. The molecule has 426 valence electrons. The van der Waals surface area contributed by atoms with Gasteiger partial charge in [-0.15, -0.1) is 0 Å². The predicted octanol–water partition coefficient (Wildman–Crippen LogP) is 11.3. The molecule has 0 unspecified atom stereocenters. The third kappa shape index (κ3) is 16.1. The van der Waals surface area contributed by atoms with Crippen molar-refractivity contribution < 1.29 is 59.9 Å². The van der Waals surface area contributed by atoms with E-state index in [0.29, 0.717) is 43.5 Å². The maximum atomic E-state index is 12.1. The van der Waals surface area contributed by atoms with Gasteiger partial charge in [0.1, 0.15) is 26.8 Å². The molecule has 0 saturated carbocycles. The van der Waals surface area contributed by atoms with Crippen LogP contribution in [-0.4, -0.2) is 90.3 Å². The van der Waals surface area contributed by atoms with E-state index in [1.807, 2.05) is 154 Å². The summed E-state index contributed by atoms with van der Waals surface area (Å²) in [5, 5.41) is 9.20. The molecule has 0 atom stereocenters. The number of fused-ring (bicyclic) bond motifs is 2. The Kier molecular flexibility index (Phi) is 21.2. The maximum absolute atomic E-state index is 12.1. The SMILES string of the molecule is CC1(C)C(/C=C/C=C2/N(CCCCC(=O)O)c3ccc(S(=O)(=O)[O-])cc3C2(C)C)=[N+](CCCCC#Cc2ccnc(-c3ccccn3)c2)c2ccc(S(=O)(=O)[O-])cc21.[Ru].c1ccc(-c2ccccn2)nc1.c1ccc(-c2ccccn2)nc1. The molecule has 16 nitrogen and oxygen atoms in total. The second kappa shape index (κ2) is 28.2. The average Bonchev–Trinajstić information content (AvgIpc) is 3.46. The molecule has 0 fully saturated rings. The van der Waals surface area contributed by atoms with Crippen LogP contribution in [0.1, 0.15) is 82.9 Å². The van der Waals surface area contributed by atoms with E-state index in [0.717, 1.165) is 75.4 Å². The molecule has 0 aliphatic carbocycles. The molecule has 83 heavy (non-hydrogen) atoms. The van der Waals surface area contributed by atoms with Gasteiger partial charge in [0.2, 0.25) is 5.69 Å². The number of carboxylic acid groups (broad SMARTS) is 1. The molecule has 2 aliphatic heterocycles. The topological polar surface area (TPSA) is 235 Å². The van der Waals surface area contributed by atoms with Crippen molar-refractivity contribution in [2.75, 3.05) is 18.0 Å². The molecule has 19 heteroatoms. The molecule has 0 radical (unpaired) electrons. The van der Waals surface area contributed by atoms with Gasteiger partial charge in [0, 0.05) is 123 Å². The van der Waals surface area contributed by atoms with E-state index in [1.54, 1.807) is 49.3 Å². The molecule has 0 saturated heterocycles. The van der Waals surface area contributed by atoms with E-state index in [9.17, 15) is 35.8 Å². The molecule has 0 amide bonds. The van der Waals surface area contributed by atoms with Gasteiger partial charge in [-0.2, -0.15) is 4.58 Å². The van der Waals surface area contributed by atoms with E-state index < -0.39 is 37.0 Å². The minimum absolute atomic E-state index is 0. The minimum Gasteiger partial charge on any atom is -0.744 e. The van der Waals surface area contributed by atoms with Crippen LogP contribution in [0, 0.1) is 11.8 Å². The summed E-state index contributed by atoms with van der Waals surface area (Å²) in [5.74, 6) is 5.61. The van der Waals surface area contributed by atoms with Gasteiger partial charge in [-0.05, 0) is 148 Å². The van der Waals surface area contributed by atoms with Crippen LogP contribution in [0.25, 0.3) is 34.2 Å². The first-order chi connectivity index (χ1) is 39.3. The third-order valence-electron chi connectivity index (χ3n) is 13.9. The molecule has 8 heterocycles. The van der Waals surface area contributed by atoms with Crippen molar-refractivity contribution in [3.63, 3.8) is 0 Å². The molecular formula is C64H61N8O8RuS2-. The quantitative estimate of drug-likeness (QED) is 0.0311. The van der Waals surface area contributed by atoms with Crippen molar-refractivity contribution in [1.82, 2.24) is 29.9 Å². The molecule has 0 spiro atoms. The zero-order valence-electron chi connectivity index (χ0n) is 46.2. The largest absolute Gasteiger partial charge is 0.744 e. The minimum atomic E-state index is -4.71. The summed E-state index contributed by atoms with van der Waals surface area (Å²) < 4.78 is 74.3. The van der Waals surface area contributed by atoms with Crippen LogP contribution >= 0.6 is 0 Å². The van der Waals surface area contributed by atoms with Gasteiger partial charge in [-0.3, -0.25) is 34.7 Å². The number of anilines is 1. The summed E-state index contributed by atoms with van der Waals surface area (Å²) in [7, 11) is -9.41. The maximum Gasteiger partial charge on any atom is 0.303 e.